The van der Waals surface area contributed by atoms with Gasteiger partial charge in [0.2, 0.25) is 11.6 Å². The van der Waals surface area contributed by atoms with Crippen LogP contribution in [0.4, 0.5) is 0 Å². The van der Waals surface area contributed by atoms with Crippen molar-refractivity contribution in [3.63, 3.8) is 0 Å². The van der Waals surface area contributed by atoms with E-state index >= 15 is 0 Å². The zero-order valence-corrected chi connectivity index (χ0v) is 24.5. The van der Waals surface area contributed by atoms with Gasteiger partial charge >= 0.3 is 5.97 Å². The van der Waals surface area contributed by atoms with Crippen molar-refractivity contribution in [2.75, 3.05) is 13.2 Å². The Bertz CT molecular complexity index is 1740. The summed E-state index contributed by atoms with van der Waals surface area (Å²) in [5.74, 6) is 0.872. The largest absolute Gasteiger partial charge is 0.490 e. The number of fused-ring (bicyclic) bond motifs is 2. The van der Waals surface area contributed by atoms with Crippen molar-refractivity contribution in [3.8, 4) is 29.1 Å². The Kier molecular flexibility index (Phi) is 8.12. The first kappa shape index (κ1) is 28.6. The van der Waals surface area contributed by atoms with Gasteiger partial charge in [-0.05, 0) is 69.0 Å². The third-order valence-corrected chi connectivity index (χ3v) is 7.57. The number of nitriles is 1. The second kappa shape index (κ2) is 11.9. The number of rotatable bonds is 9. The van der Waals surface area contributed by atoms with Crippen LogP contribution in [0.15, 0.2) is 64.4 Å². The van der Waals surface area contributed by atoms with E-state index in [1.165, 1.54) is 0 Å². The van der Waals surface area contributed by atoms with Crippen LogP contribution >= 0.6 is 0 Å². The molecular weight excluding hydrogens is 532 g/mol. The number of nitrogens with two attached hydrogens (primary N) is 1. The maximum Gasteiger partial charge on any atom is 0.379 e. The highest BCUT2D eigenvalue weighted by atomic mass is 16.5. The summed E-state index contributed by atoms with van der Waals surface area (Å²) in [5, 5.41) is 10.9. The highest BCUT2D eigenvalue weighted by Crippen LogP contribution is 2.45. The Balaban J connectivity index is 1.47. The average molecular weight is 567 g/mol. The molecule has 2 heterocycles. The monoisotopic (exact) mass is 566 g/mol. The Morgan fingerprint density at radius 2 is 1.81 bits per heavy atom. The minimum absolute atomic E-state index is 0.0151. The molecule has 0 saturated carbocycles. The second-order valence-corrected chi connectivity index (χ2v) is 10.3. The molecule has 0 radical (unpaired) electrons. The lowest BCUT2D eigenvalue weighted by atomic mass is 9.83. The molecule has 0 bridgehead atoms. The Morgan fingerprint density at radius 3 is 2.55 bits per heavy atom. The molecule has 1 unspecified atom stereocenters. The Hall–Kier alpha value is -4.90. The molecular formula is C34H34N2O6. The van der Waals surface area contributed by atoms with Gasteiger partial charge in [0.15, 0.2) is 11.5 Å². The van der Waals surface area contributed by atoms with Gasteiger partial charge in [0.05, 0.1) is 19.1 Å². The molecule has 4 aromatic rings. The standard InChI is InChI=1S/C34H34N2O6/c1-6-8-15-39-27-14-10-22(16-29(27)38-7-2)30-25-13-11-23(17-28(25)41-33(36)26(30)18-35)40-34(37)32-21(5)24-12-9-19(3)20(4)31(24)42-32/h9-14,16-17,30H,6-8,15,36H2,1-5H3. The van der Waals surface area contributed by atoms with Crippen LogP contribution in [0.3, 0.4) is 0 Å². The van der Waals surface area contributed by atoms with E-state index in [2.05, 4.69) is 13.0 Å². The van der Waals surface area contributed by atoms with Gasteiger partial charge in [-0.2, -0.15) is 5.26 Å². The van der Waals surface area contributed by atoms with Crippen molar-refractivity contribution in [1.82, 2.24) is 0 Å². The van der Waals surface area contributed by atoms with Crippen molar-refractivity contribution in [3.05, 3.63) is 93.6 Å². The summed E-state index contributed by atoms with van der Waals surface area (Å²) in [6.07, 6.45) is 1.95. The van der Waals surface area contributed by atoms with E-state index in [9.17, 15) is 10.1 Å². The molecule has 216 valence electrons. The number of carbonyl (C=O) groups excluding carboxylic acids is 1. The molecule has 1 atom stereocenters. The fourth-order valence-electron chi connectivity index (χ4n) is 5.13. The third-order valence-electron chi connectivity index (χ3n) is 7.57. The summed E-state index contributed by atoms with van der Waals surface area (Å²) >= 11 is 0. The fourth-order valence-corrected chi connectivity index (χ4v) is 5.13. The van der Waals surface area contributed by atoms with E-state index in [0.29, 0.717) is 47.2 Å². The van der Waals surface area contributed by atoms with Crippen molar-refractivity contribution in [2.45, 2.75) is 53.4 Å². The first-order valence-electron chi connectivity index (χ1n) is 14.1. The molecule has 8 heteroatoms. The van der Waals surface area contributed by atoms with Gasteiger partial charge in [0.1, 0.15) is 28.7 Å². The Morgan fingerprint density at radius 1 is 1.00 bits per heavy atom. The molecule has 5 rings (SSSR count). The van der Waals surface area contributed by atoms with Crippen molar-refractivity contribution in [1.29, 1.82) is 5.26 Å². The number of hydrogen-bond acceptors (Lipinski definition) is 8. The first-order valence-corrected chi connectivity index (χ1v) is 14.1. The summed E-state index contributed by atoms with van der Waals surface area (Å²) in [5.41, 5.74) is 11.4. The van der Waals surface area contributed by atoms with Gasteiger partial charge < -0.3 is 29.1 Å². The summed E-state index contributed by atoms with van der Waals surface area (Å²) in [7, 11) is 0. The van der Waals surface area contributed by atoms with Crippen molar-refractivity contribution in [2.24, 2.45) is 5.73 Å². The number of unbranched alkanes of at least 4 members (excludes halogenated alkanes) is 1. The van der Waals surface area contributed by atoms with Gasteiger partial charge in [0.25, 0.3) is 0 Å². The first-order chi connectivity index (χ1) is 20.3. The topological polar surface area (TPSA) is 117 Å². The molecule has 0 spiro atoms. The SMILES string of the molecule is CCCCOc1ccc(C2C(C#N)=C(N)Oc3cc(OC(=O)c4oc5c(C)c(C)ccc5c4C)ccc32)cc1OCC. The van der Waals surface area contributed by atoms with Crippen LogP contribution in [-0.2, 0) is 0 Å². The van der Waals surface area contributed by atoms with Crippen LogP contribution in [0, 0.1) is 32.1 Å². The van der Waals surface area contributed by atoms with Crippen LogP contribution in [0.1, 0.15) is 71.0 Å². The molecule has 1 aliphatic heterocycles. The van der Waals surface area contributed by atoms with Gasteiger partial charge in [-0.3, -0.25) is 0 Å². The summed E-state index contributed by atoms with van der Waals surface area (Å²) in [4.78, 5) is 13.2. The van der Waals surface area contributed by atoms with E-state index in [-0.39, 0.29) is 23.0 Å². The maximum atomic E-state index is 13.2. The van der Waals surface area contributed by atoms with Crippen LogP contribution in [0.5, 0.6) is 23.0 Å². The zero-order valence-electron chi connectivity index (χ0n) is 24.5. The van der Waals surface area contributed by atoms with E-state index in [1.54, 1.807) is 18.2 Å². The molecule has 1 aliphatic rings. The highest BCUT2D eigenvalue weighted by Gasteiger charge is 2.32. The smallest absolute Gasteiger partial charge is 0.379 e. The lowest BCUT2D eigenvalue weighted by molar-refractivity contribution is 0.0702. The Labute approximate surface area is 245 Å². The number of hydrogen-bond donors (Lipinski definition) is 1. The average Bonchev–Trinajstić information content (AvgIpc) is 3.32. The van der Waals surface area contributed by atoms with E-state index < -0.39 is 11.9 Å². The summed E-state index contributed by atoms with van der Waals surface area (Å²) in [6.45, 7) is 10.8. The number of furan rings is 1. The lowest BCUT2D eigenvalue weighted by Crippen LogP contribution is -2.21. The van der Waals surface area contributed by atoms with E-state index in [4.69, 9.17) is 29.1 Å². The van der Waals surface area contributed by atoms with Gasteiger partial charge in [-0.15, -0.1) is 0 Å². The quantitative estimate of drug-likeness (QED) is 0.127. The summed E-state index contributed by atoms with van der Waals surface area (Å²) < 4.78 is 29.3. The maximum absolute atomic E-state index is 13.2. The number of carbonyl (C=O) groups is 1. The van der Waals surface area contributed by atoms with Crippen LogP contribution < -0.4 is 24.7 Å². The molecule has 0 aliphatic carbocycles. The molecule has 1 aromatic heterocycles. The van der Waals surface area contributed by atoms with E-state index in [1.807, 2.05) is 58.0 Å². The van der Waals surface area contributed by atoms with Crippen LogP contribution in [0.2, 0.25) is 0 Å². The number of allylic oxidation sites excluding steroid dienone is 1. The third kappa shape index (κ3) is 5.26. The van der Waals surface area contributed by atoms with Crippen LogP contribution in [0.25, 0.3) is 11.0 Å². The number of benzene rings is 3. The minimum atomic E-state index is -0.616. The molecule has 8 nitrogen and oxygen atoms in total. The molecule has 0 saturated heterocycles. The highest BCUT2D eigenvalue weighted by molar-refractivity contribution is 5.98. The van der Waals surface area contributed by atoms with Gasteiger partial charge in [-0.25, -0.2) is 4.79 Å². The molecule has 42 heavy (non-hydrogen) atoms. The molecule has 0 fully saturated rings. The van der Waals surface area contributed by atoms with Crippen LogP contribution in [-0.4, -0.2) is 19.2 Å². The van der Waals surface area contributed by atoms with E-state index in [0.717, 1.165) is 34.9 Å². The summed E-state index contributed by atoms with van der Waals surface area (Å²) in [6, 6.07) is 16.8. The zero-order chi connectivity index (χ0) is 30.0. The lowest BCUT2D eigenvalue weighted by Gasteiger charge is -2.27. The fraction of sp³-hybridized carbons (Fsp3) is 0.294. The van der Waals surface area contributed by atoms with Gasteiger partial charge in [-0.1, -0.05) is 37.6 Å². The number of esters is 1. The number of aryl methyl sites for hydroxylation is 3. The predicted molar refractivity (Wildman–Crippen MR) is 159 cm³/mol. The number of ether oxygens (including phenoxy) is 4. The normalized spacial score (nSPS) is 14.2. The minimum Gasteiger partial charge on any atom is -0.490 e. The van der Waals surface area contributed by atoms with Gasteiger partial charge in [0, 0.05) is 22.6 Å². The molecule has 3 aromatic carbocycles. The molecule has 2 N–H and O–H groups in total. The molecule has 0 amide bonds. The predicted octanol–water partition coefficient (Wildman–Crippen LogP) is 7.37. The number of nitrogens with zero attached hydrogens (tertiary/aromatic N) is 1. The second-order valence-electron chi connectivity index (χ2n) is 10.3. The van der Waals surface area contributed by atoms with Crippen molar-refractivity contribution < 1.29 is 28.2 Å². The van der Waals surface area contributed by atoms with Crippen molar-refractivity contribution >= 4 is 16.9 Å².